The first-order valence-corrected chi connectivity index (χ1v) is 8.51. The molecular weight excluding hydrogens is 348 g/mol. The van der Waals surface area contributed by atoms with E-state index >= 15 is 0 Å². The minimum Gasteiger partial charge on any atom is -0.492 e. The van der Waals surface area contributed by atoms with Crippen molar-refractivity contribution in [1.82, 2.24) is 5.32 Å². The van der Waals surface area contributed by atoms with Crippen LogP contribution in [0.15, 0.2) is 48.5 Å². The fourth-order valence-corrected chi connectivity index (χ4v) is 2.28. The first-order valence-electron chi connectivity index (χ1n) is 8.51. The summed E-state index contributed by atoms with van der Waals surface area (Å²) in [6.07, 6.45) is 0. The Morgan fingerprint density at radius 1 is 1.04 bits per heavy atom. The zero-order chi connectivity index (χ0) is 19.6. The molecule has 0 unspecified atom stereocenters. The minimum atomic E-state index is -0.704. The van der Waals surface area contributed by atoms with Crippen LogP contribution in [0.2, 0.25) is 0 Å². The second kappa shape index (κ2) is 9.96. The van der Waals surface area contributed by atoms with Crippen LogP contribution in [0, 0.1) is 6.92 Å². The van der Waals surface area contributed by atoms with Gasteiger partial charge >= 0.3 is 5.97 Å². The molecule has 0 spiro atoms. The number of aryl methyl sites for hydroxylation is 1. The molecule has 0 saturated carbocycles. The van der Waals surface area contributed by atoms with E-state index < -0.39 is 18.5 Å². The van der Waals surface area contributed by atoms with Crippen molar-refractivity contribution in [3.63, 3.8) is 0 Å². The summed E-state index contributed by atoms with van der Waals surface area (Å²) in [7, 11) is 0. The lowest BCUT2D eigenvalue weighted by atomic mass is 10.1. The highest BCUT2D eigenvalue weighted by molar-refractivity contribution is 5.97. The third kappa shape index (κ3) is 6.47. The summed E-state index contributed by atoms with van der Waals surface area (Å²) in [4.78, 5) is 35.6. The van der Waals surface area contributed by atoms with Crippen molar-refractivity contribution in [2.24, 2.45) is 0 Å². The highest BCUT2D eigenvalue weighted by Gasteiger charge is 2.12. The van der Waals surface area contributed by atoms with E-state index in [-0.39, 0.29) is 12.5 Å². The van der Waals surface area contributed by atoms with Crippen LogP contribution in [0.5, 0.6) is 5.75 Å². The van der Waals surface area contributed by atoms with E-state index in [1.54, 1.807) is 42.5 Å². The molecule has 27 heavy (non-hydrogen) atoms. The molecule has 7 heteroatoms. The van der Waals surface area contributed by atoms with Gasteiger partial charge in [0.1, 0.15) is 12.3 Å². The number of esters is 1. The summed E-state index contributed by atoms with van der Waals surface area (Å²) in [5, 5.41) is 5.08. The lowest BCUT2D eigenvalue weighted by molar-refractivity contribution is -0.146. The molecule has 0 heterocycles. The molecule has 0 radical (unpaired) electrons. The Labute approximate surface area is 157 Å². The first-order chi connectivity index (χ1) is 13.0. The Morgan fingerprint density at radius 3 is 2.56 bits per heavy atom. The summed E-state index contributed by atoms with van der Waals surface area (Å²) in [5.41, 5.74) is 1.88. The number of hydrogen-bond acceptors (Lipinski definition) is 5. The highest BCUT2D eigenvalue weighted by Crippen LogP contribution is 2.23. The Kier molecular flexibility index (Phi) is 7.37. The highest BCUT2D eigenvalue weighted by atomic mass is 16.5. The molecule has 0 aliphatic carbocycles. The number of anilines is 1. The van der Waals surface area contributed by atoms with Crippen LogP contribution >= 0.6 is 0 Å². The van der Waals surface area contributed by atoms with Gasteiger partial charge in [0.2, 0.25) is 0 Å². The molecule has 0 fully saturated rings. The number of carbonyl (C=O) groups is 3. The predicted molar refractivity (Wildman–Crippen MR) is 101 cm³/mol. The molecule has 0 aliphatic rings. The van der Waals surface area contributed by atoms with E-state index in [1.165, 1.54) is 0 Å². The maximum atomic E-state index is 12.0. The smallest absolute Gasteiger partial charge is 0.325 e. The summed E-state index contributed by atoms with van der Waals surface area (Å²) >= 11 is 0. The van der Waals surface area contributed by atoms with Crippen molar-refractivity contribution in [2.45, 2.75) is 13.8 Å². The van der Waals surface area contributed by atoms with Crippen LogP contribution in [0.25, 0.3) is 0 Å². The van der Waals surface area contributed by atoms with Gasteiger partial charge in [-0.15, -0.1) is 0 Å². The monoisotopic (exact) mass is 370 g/mol. The summed E-state index contributed by atoms with van der Waals surface area (Å²) in [5.74, 6) is -1.06. The number of ether oxygens (including phenoxy) is 2. The fraction of sp³-hybridized carbons (Fsp3) is 0.250. The average molecular weight is 370 g/mol. The number of para-hydroxylation sites is 2. The number of amides is 2. The molecule has 2 aromatic rings. The van der Waals surface area contributed by atoms with Gasteiger partial charge in [-0.25, -0.2) is 0 Å². The SMILES string of the molecule is CCOc1ccccc1NC(=O)COC(=O)CNC(=O)c1cccc(C)c1. The second-order valence-electron chi connectivity index (χ2n) is 5.69. The van der Waals surface area contributed by atoms with Gasteiger partial charge < -0.3 is 20.1 Å². The average Bonchev–Trinajstić information content (AvgIpc) is 2.66. The molecule has 2 amide bonds. The molecule has 0 atom stereocenters. The maximum Gasteiger partial charge on any atom is 0.325 e. The van der Waals surface area contributed by atoms with Crippen LogP contribution in [-0.2, 0) is 14.3 Å². The van der Waals surface area contributed by atoms with Crippen molar-refractivity contribution in [3.8, 4) is 5.75 Å². The number of hydrogen-bond donors (Lipinski definition) is 2. The Morgan fingerprint density at radius 2 is 1.81 bits per heavy atom. The zero-order valence-electron chi connectivity index (χ0n) is 15.3. The van der Waals surface area contributed by atoms with Crippen molar-refractivity contribution >= 4 is 23.5 Å². The molecule has 0 aromatic heterocycles. The Hall–Kier alpha value is -3.35. The summed E-state index contributed by atoms with van der Waals surface area (Å²) in [6, 6.07) is 13.9. The Balaban J connectivity index is 1.77. The third-order valence-electron chi connectivity index (χ3n) is 3.50. The van der Waals surface area contributed by atoms with Gasteiger partial charge in [-0.1, -0.05) is 29.8 Å². The van der Waals surface area contributed by atoms with E-state index in [4.69, 9.17) is 9.47 Å². The third-order valence-corrected chi connectivity index (χ3v) is 3.50. The summed E-state index contributed by atoms with van der Waals surface area (Å²) in [6.45, 7) is 3.39. The number of rotatable bonds is 8. The van der Waals surface area contributed by atoms with Crippen LogP contribution in [0.1, 0.15) is 22.8 Å². The van der Waals surface area contributed by atoms with E-state index in [0.29, 0.717) is 23.6 Å². The van der Waals surface area contributed by atoms with Gasteiger partial charge in [0, 0.05) is 5.56 Å². The van der Waals surface area contributed by atoms with E-state index in [0.717, 1.165) is 5.56 Å². The molecule has 0 saturated heterocycles. The largest absolute Gasteiger partial charge is 0.492 e. The number of nitrogens with one attached hydrogen (secondary N) is 2. The quantitative estimate of drug-likeness (QED) is 0.696. The van der Waals surface area contributed by atoms with Crippen LogP contribution in [-0.4, -0.2) is 37.5 Å². The van der Waals surface area contributed by atoms with Crippen molar-refractivity contribution in [2.75, 3.05) is 25.1 Å². The molecule has 2 rings (SSSR count). The molecule has 142 valence electrons. The lowest BCUT2D eigenvalue weighted by Crippen LogP contribution is -2.32. The van der Waals surface area contributed by atoms with E-state index in [2.05, 4.69) is 10.6 Å². The molecular formula is C20H22N2O5. The second-order valence-corrected chi connectivity index (χ2v) is 5.69. The lowest BCUT2D eigenvalue weighted by Gasteiger charge is -2.11. The van der Waals surface area contributed by atoms with Crippen LogP contribution in [0.3, 0.4) is 0 Å². The van der Waals surface area contributed by atoms with Gasteiger partial charge in [0.15, 0.2) is 6.61 Å². The van der Waals surface area contributed by atoms with Crippen molar-refractivity contribution < 1.29 is 23.9 Å². The number of carbonyl (C=O) groups excluding carboxylic acids is 3. The standard InChI is InChI=1S/C20H22N2O5/c1-3-26-17-10-5-4-9-16(17)22-18(23)13-27-19(24)12-21-20(25)15-8-6-7-14(2)11-15/h4-11H,3,12-13H2,1-2H3,(H,21,25)(H,22,23). The van der Waals surface area contributed by atoms with Gasteiger partial charge in [-0.3, -0.25) is 14.4 Å². The molecule has 7 nitrogen and oxygen atoms in total. The molecule has 2 aromatic carbocycles. The zero-order valence-corrected chi connectivity index (χ0v) is 15.3. The molecule has 0 bridgehead atoms. The summed E-state index contributed by atoms with van der Waals surface area (Å²) < 4.78 is 10.3. The molecule has 0 aliphatic heterocycles. The van der Waals surface area contributed by atoms with Gasteiger partial charge in [0.25, 0.3) is 11.8 Å². The van der Waals surface area contributed by atoms with E-state index in [1.807, 2.05) is 19.9 Å². The number of benzene rings is 2. The topological polar surface area (TPSA) is 93.7 Å². The first kappa shape index (κ1) is 20.0. The van der Waals surface area contributed by atoms with Crippen molar-refractivity contribution in [1.29, 1.82) is 0 Å². The minimum absolute atomic E-state index is 0.324. The fourth-order valence-electron chi connectivity index (χ4n) is 2.28. The van der Waals surface area contributed by atoms with Crippen LogP contribution in [0.4, 0.5) is 5.69 Å². The van der Waals surface area contributed by atoms with Crippen LogP contribution < -0.4 is 15.4 Å². The van der Waals surface area contributed by atoms with Gasteiger partial charge in [0.05, 0.1) is 12.3 Å². The van der Waals surface area contributed by atoms with Crippen molar-refractivity contribution in [3.05, 3.63) is 59.7 Å². The molecule has 2 N–H and O–H groups in total. The normalized spacial score (nSPS) is 10.0. The van der Waals surface area contributed by atoms with Gasteiger partial charge in [-0.05, 0) is 38.1 Å². The predicted octanol–water partition coefficient (Wildman–Crippen LogP) is 2.31. The van der Waals surface area contributed by atoms with Gasteiger partial charge in [-0.2, -0.15) is 0 Å². The Bertz CT molecular complexity index is 820. The van der Waals surface area contributed by atoms with E-state index in [9.17, 15) is 14.4 Å². The maximum absolute atomic E-state index is 12.0.